The molecule has 0 unspecified atom stereocenters. The minimum absolute atomic E-state index is 0.741. The van der Waals surface area contributed by atoms with Crippen molar-refractivity contribution in [1.82, 2.24) is 15.0 Å². The lowest BCUT2D eigenvalue weighted by Crippen LogP contribution is -2.02. The Balaban J connectivity index is 1.94. The fraction of sp³-hybridized carbons (Fsp3) is 0.250. The Morgan fingerprint density at radius 3 is 2.62 bits per heavy atom. The van der Waals surface area contributed by atoms with E-state index in [1.54, 1.807) is 11.8 Å². The minimum Gasteiger partial charge on any atom is -0.250 e. The van der Waals surface area contributed by atoms with Crippen LogP contribution in [0.4, 0.5) is 0 Å². The Bertz CT molecular complexity index is 905. The summed E-state index contributed by atoms with van der Waals surface area (Å²) in [5, 5.41) is 0. The quantitative estimate of drug-likeness (QED) is 0.650. The van der Waals surface area contributed by atoms with E-state index in [1.165, 1.54) is 21.7 Å². The molecule has 0 amide bonds. The molecule has 1 aliphatic carbocycles. The summed E-state index contributed by atoms with van der Waals surface area (Å²) in [5.74, 6) is 0.741. The van der Waals surface area contributed by atoms with Crippen molar-refractivity contribution in [2.45, 2.75) is 31.1 Å². The van der Waals surface area contributed by atoms with Crippen molar-refractivity contribution in [1.29, 1.82) is 0 Å². The van der Waals surface area contributed by atoms with Crippen LogP contribution in [0.25, 0.3) is 22.8 Å². The van der Waals surface area contributed by atoms with Crippen LogP contribution < -0.4 is 0 Å². The molecule has 2 aromatic heterocycles. The number of aryl methyl sites for hydroxylation is 2. The number of pyridine rings is 1. The molecule has 0 N–H and O–H groups in total. The first kappa shape index (κ1) is 15.3. The Labute approximate surface area is 146 Å². The Kier molecular flexibility index (Phi) is 4.07. The average Bonchev–Trinajstić information content (AvgIpc) is 3.09. The maximum absolute atomic E-state index is 4.95. The number of benzene rings is 1. The molecule has 0 saturated carbocycles. The highest BCUT2D eigenvalue weighted by molar-refractivity contribution is 7.98. The molecule has 0 atom stereocenters. The number of hydrogen-bond acceptors (Lipinski definition) is 4. The Morgan fingerprint density at radius 2 is 1.79 bits per heavy atom. The molecule has 2 heterocycles. The van der Waals surface area contributed by atoms with Gasteiger partial charge in [-0.1, -0.05) is 24.3 Å². The molecule has 0 aliphatic heterocycles. The SMILES string of the molecule is CSc1ccccc1-c1nc(-c2cccc(C)n2)nc2c1CCC2. The fourth-order valence-electron chi connectivity index (χ4n) is 3.28. The predicted octanol–water partition coefficient (Wildman–Crippen LogP) is 4.72. The van der Waals surface area contributed by atoms with Gasteiger partial charge < -0.3 is 0 Å². The highest BCUT2D eigenvalue weighted by Gasteiger charge is 2.22. The summed E-state index contributed by atoms with van der Waals surface area (Å²) >= 11 is 1.76. The Morgan fingerprint density at radius 1 is 0.917 bits per heavy atom. The van der Waals surface area contributed by atoms with Gasteiger partial charge in [-0.2, -0.15) is 0 Å². The lowest BCUT2D eigenvalue weighted by molar-refractivity contribution is 0.899. The molecule has 0 radical (unpaired) electrons. The van der Waals surface area contributed by atoms with E-state index < -0.39 is 0 Å². The number of rotatable bonds is 3. The van der Waals surface area contributed by atoms with E-state index in [0.29, 0.717) is 0 Å². The van der Waals surface area contributed by atoms with Gasteiger partial charge in [-0.25, -0.2) is 15.0 Å². The van der Waals surface area contributed by atoms with E-state index in [4.69, 9.17) is 9.97 Å². The molecular formula is C20H19N3S. The number of aromatic nitrogens is 3. The molecule has 0 spiro atoms. The monoisotopic (exact) mass is 333 g/mol. The van der Waals surface area contributed by atoms with E-state index in [9.17, 15) is 0 Å². The van der Waals surface area contributed by atoms with E-state index in [2.05, 4.69) is 35.5 Å². The second-order valence-corrected chi connectivity index (χ2v) is 6.89. The van der Waals surface area contributed by atoms with Crippen LogP contribution in [0.1, 0.15) is 23.4 Å². The van der Waals surface area contributed by atoms with Gasteiger partial charge in [0.1, 0.15) is 5.69 Å². The third-order valence-electron chi connectivity index (χ3n) is 4.41. The predicted molar refractivity (Wildman–Crippen MR) is 99.2 cm³/mol. The van der Waals surface area contributed by atoms with Crippen LogP contribution in [0.2, 0.25) is 0 Å². The van der Waals surface area contributed by atoms with Crippen LogP contribution in [0, 0.1) is 6.92 Å². The third-order valence-corrected chi connectivity index (χ3v) is 5.21. The molecule has 1 aliphatic rings. The first-order valence-electron chi connectivity index (χ1n) is 8.23. The summed E-state index contributed by atoms with van der Waals surface area (Å²) in [6.07, 6.45) is 5.37. The van der Waals surface area contributed by atoms with Crippen LogP contribution in [-0.2, 0) is 12.8 Å². The minimum atomic E-state index is 0.741. The second kappa shape index (κ2) is 6.36. The van der Waals surface area contributed by atoms with Crippen molar-refractivity contribution in [2.24, 2.45) is 0 Å². The van der Waals surface area contributed by atoms with E-state index in [1.807, 2.05) is 25.1 Å². The van der Waals surface area contributed by atoms with Gasteiger partial charge in [0, 0.05) is 27.4 Å². The molecule has 4 rings (SSSR count). The molecular weight excluding hydrogens is 314 g/mol. The lowest BCUT2D eigenvalue weighted by Gasteiger charge is -2.13. The van der Waals surface area contributed by atoms with Gasteiger partial charge in [-0.3, -0.25) is 0 Å². The molecule has 3 aromatic rings. The van der Waals surface area contributed by atoms with Crippen molar-refractivity contribution >= 4 is 11.8 Å². The zero-order valence-corrected chi connectivity index (χ0v) is 14.7. The molecule has 0 bridgehead atoms. The average molecular weight is 333 g/mol. The number of nitrogens with zero attached hydrogens (tertiary/aromatic N) is 3. The summed E-state index contributed by atoms with van der Waals surface area (Å²) in [6.45, 7) is 2.00. The molecule has 120 valence electrons. The maximum Gasteiger partial charge on any atom is 0.178 e. The first-order valence-corrected chi connectivity index (χ1v) is 9.46. The molecule has 3 nitrogen and oxygen atoms in total. The van der Waals surface area contributed by atoms with Crippen LogP contribution in [0.15, 0.2) is 47.4 Å². The maximum atomic E-state index is 4.95. The molecule has 1 aromatic carbocycles. The summed E-state index contributed by atoms with van der Waals surface area (Å²) in [6, 6.07) is 14.5. The topological polar surface area (TPSA) is 38.7 Å². The standard InChI is InChI=1S/C20H19N3S/c1-13-7-5-11-17(21-13)20-22-16-10-6-9-14(16)19(23-20)15-8-3-4-12-18(15)24-2/h3-5,7-8,11-12H,6,9-10H2,1-2H3. The van der Waals surface area contributed by atoms with Gasteiger partial charge in [-0.15, -0.1) is 11.8 Å². The number of fused-ring (bicyclic) bond motifs is 1. The lowest BCUT2D eigenvalue weighted by atomic mass is 10.0. The fourth-order valence-corrected chi connectivity index (χ4v) is 3.88. The van der Waals surface area contributed by atoms with Gasteiger partial charge in [0.2, 0.25) is 0 Å². The van der Waals surface area contributed by atoms with E-state index in [-0.39, 0.29) is 0 Å². The number of thioether (sulfide) groups is 1. The third kappa shape index (κ3) is 2.71. The molecule has 0 saturated heterocycles. The van der Waals surface area contributed by atoms with Crippen LogP contribution >= 0.6 is 11.8 Å². The van der Waals surface area contributed by atoms with Crippen molar-refractivity contribution in [3.05, 3.63) is 59.4 Å². The van der Waals surface area contributed by atoms with Crippen LogP contribution in [-0.4, -0.2) is 21.2 Å². The molecule has 0 fully saturated rings. The second-order valence-electron chi connectivity index (χ2n) is 6.04. The van der Waals surface area contributed by atoms with E-state index >= 15 is 0 Å². The van der Waals surface area contributed by atoms with Crippen molar-refractivity contribution in [2.75, 3.05) is 6.26 Å². The highest BCUT2D eigenvalue weighted by atomic mass is 32.2. The zero-order valence-electron chi connectivity index (χ0n) is 13.9. The van der Waals surface area contributed by atoms with Crippen molar-refractivity contribution in [3.8, 4) is 22.8 Å². The van der Waals surface area contributed by atoms with Gasteiger partial charge >= 0.3 is 0 Å². The number of hydrogen-bond donors (Lipinski definition) is 0. The summed E-state index contributed by atoms with van der Waals surface area (Å²) < 4.78 is 0. The molecule has 4 heteroatoms. The molecule has 24 heavy (non-hydrogen) atoms. The van der Waals surface area contributed by atoms with Gasteiger partial charge in [-0.05, 0) is 50.6 Å². The largest absolute Gasteiger partial charge is 0.250 e. The zero-order chi connectivity index (χ0) is 16.5. The summed E-state index contributed by atoms with van der Waals surface area (Å²) in [5.41, 5.74) is 6.64. The van der Waals surface area contributed by atoms with Crippen LogP contribution in [0.3, 0.4) is 0 Å². The van der Waals surface area contributed by atoms with Crippen molar-refractivity contribution < 1.29 is 0 Å². The smallest absolute Gasteiger partial charge is 0.178 e. The Hall–Kier alpha value is -2.20. The van der Waals surface area contributed by atoms with Gasteiger partial charge in [0.15, 0.2) is 5.82 Å². The normalized spacial score (nSPS) is 13.1. The van der Waals surface area contributed by atoms with E-state index in [0.717, 1.165) is 42.2 Å². The van der Waals surface area contributed by atoms with Gasteiger partial charge in [0.05, 0.1) is 5.69 Å². The summed E-state index contributed by atoms with van der Waals surface area (Å²) in [7, 11) is 0. The van der Waals surface area contributed by atoms with Crippen LogP contribution in [0.5, 0.6) is 0 Å². The summed E-state index contributed by atoms with van der Waals surface area (Å²) in [4.78, 5) is 15.6. The van der Waals surface area contributed by atoms with Crippen molar-refractivity contribution in [3.63, 3.8) is 0 Å². The highest BCUT2D eigenvalue weighted by Crippen LogP contribution is 2.36. The van der Waals surface area contributed by atoms with Gasteiger partial charge in [0.25, 0.3) is 0 Å². The first-order chi connectivity index (χ1) is 11.8.